The predicted molar refractivity (Wildman–Crippen MR) is 79.0 cm³/mol. The van der Waals surface area contributed by atoms with E-state index in [1.54, 1.807) is 38.2 Å². The molecule has 0 bridgehead atoms. The number of anilines is 2. The van der Waals surface area contributed by atoms with Gasteiger partial charge in [-0.25, -0.2) is 4.98 Å². The molecule has 7 heteroatoms. The summed E-state index contributed by atoms with van der Waals surface area (Å²) in [7, 11) is 1.55. The van der Waals surface area contributed by atoms with Crippen LogP contribution in [0.25, 0.3) is 0 Å². The van der Waals surface area contributed by atoms with E-state index in [0.29, 0.717) is 27.0 Å². The summed E-state index contributed by atoms with van der Waals surface area (Å²) < 4.78 is 0. The minimum Gasteiger partial charge on any atom is -0.375 e. The van der Waals surface area contributed by atoms with Crippen LogP contribution in [-0.4, -0.2) is 23.8 Å². The molecule has 2 amide bonds. The molecule has 6 nitrogen and oxygen atoms in total. The van der Waals surface area contributed by atoms with E-state index in [4.69, 9.17) is 5.73 Å². The summed E-state index contributed by atoms with van der Waals surface area (Å²) in [5.74, 6) is -0.495. The first-order chi connectivity index (χ1) is 9.51. The van der Waals surface area contributed by atoms with E-state index in [9.17, 15) is 9.59 Å². The highest BCUT2D eigenvalue weighted by molar-refractivity contribution is 7.17. The van der Waals surface area contributed by atoms with Crippen molar-refractivity contribution in [3.63, 3.8) is 0 Å². The smallest absolute Gasteiger partial charge is 0.267 e. The summed E-state index contributed by atoms with van der Waals surface area (Å²) >= 11 is 1.13. The van der Waals surface area contributed by atoms with Crippen LogP contribution in [0.1, 0.15) is 25.7 Å². The van der Waals surface area contributed by atoms with Crippen molar-refractivity contribution in [2.24, 2.45) is 0 Å². The number of hydrogen-bond acceptors (Lipinski definition) is 5. The van der Waals surface area contributed by atoms with E-state index in [0.717, 1.165) is 11.3 Å². The third-order valence-electron chi connectivity index (χ3n) is 2.63. The first-order valence-corrected chi connectivity index (χ1v) is 6.69. The lowest BCUT2D eigenvalue weighted by atomic mass is 10.2. The molecule has 4 N–H and O–H groups in total. The van der Waals surface area contributed by atoms with Gasteiger partial charge in [0.25, 0.3) is 11.8 Å². The van der Waals surface area contributed by atoms with Crippen molar-refractivity contribution in [1.29, 1.82) is 0 Å². The lowest BCUT2D eigenvalue weighted by Crippen LogP contribution is -2.18. The lowest BCUT2D eigenvalue weighted by molar-refractivity contribution is 0.0961. The van der Waals surface area contributed by atoms with Crippen LogP contribution < -0.4 is 16.4 Å². The number of carbonyl (C=O) groups is 2. The highest BCUT2D eigenvalue weighted by atomic mass is 32.1. The molecule has 1 aromatic carbocycles. The number of amides is 2. The van der Waals surface area contributed by atoms with Gasteiger partial charge in [-0.1, -0.05) is 17.4 Å². The number of benzene rings is 1. The molecule has 0 unspecified atom stereocenters. The first-order valence-electron chi connectivity index (χ1n) is 5.87. The van der Waals surface area contributed by atoms with Crippen molar-refractivity contribution in [3.8, 4) is 0 Å². The standard InChI is InChI=1S/C13H14N4O2S/c1-7-10(20-13(14)16-7)12(19)17-9-5-3-4-8(6-9)11(18)15-2/h3-6H,1-2H3,(H2,14,16)(H,15,18)(H,17,19). The van der Waals surface area contributed by atoms with E-state index >= 15 is 0 Å². The van der Waals surface area contributed by atoms with Gasteiger partial charge in [-0.15, -0.1) is 0 Å². The van der Waals surface area contributed by atoms with Crippen LogP contribution in [0.4, 0.5) is 10.8 Å². The number of aryl methyl sites for hydroxylation is 1. The molecular formula is C13H14N4O2S. The zero-order chi connectivity index (χ0) is 14.7. The number of carbonyl (C=O) groups excluding carboxylic acids is 2. The van der Waals surface area contributed by atoms with Gasteiger partial charge in [-0.05, 0) is 25.1 Å². The molecule has 1 aromatic heterocycles. The molecule has 0 radical (unpaired) electrons. The first kappa shape index (κ1) is 14.0. The summed E-state index contributed by atoms with van der Waals surface area (Å²) in [6, 6.07) is 6.69. The highest BCUT2D eigenvalue weighted by Crippen LogP contribution is 2.21. The summed E-state index contributed by atoms with van der Waals surface area (Å²) in [4.78, 5) is 28.1. The van der Waals surface area contributed by atoms with Crippen LogP contribution >= 0.6 is 11.3 Å². The molecule has 2 rings (SSSR count). The molecule has 0 saturated carbocycles. The predicted octanol–water partition coefficient (Wildman–Crippen LogP) is 1.65. The van der Waals surface area contributed by atoms with Gasteiger partial charge in [0.1, 0.15) is 4.88 Å². The number of aromatic nitrogens is 1. The van der Waals surface area contributed by atoms with Crippen molar-refractivity contribution in [3.05, 3.63) is 40.4 Å². The number of thiazole rings is 1. The number of rotatable bonds is 3. The Labute approximate surface area is 120 Å². The van der Waals surface area contributed by atoms with E-state index in [2.05, 4.69) is 15.6 Å². The normalized spacial score (nSPS) is 10.1. The van der Waals surface area contributed by atoms with Gasteiger partial charge in [-0.2, -0.15) is 0 Å². The van der Waals surface area contributed by atoms with E-state index in [-0.39, 0.29) is 11.8 Å². The second kappa shape index (κ2) is 5.70. The Hall–Kier alpha value is -2.41. The second-order valence-electron chi connectivity index (χ2n) is 4.08. The van der Waals surface area contributed by atoms with Crippen LogP contribution in [0.2, 0.25) is 0 Å². The molecular weight excluding hydrogens is 276 g/mol. The number of nitrogens with one attached hydrogen (secondary N) is 2. The van der Waals surface area contributed by atoms with Crippen LogP contribution in [0.5, 0.6) is 0 Å². The summed E-state index contributed by atoms with van der Waals surface area (Å²) in [6.45, 7) is 1.72. The maximum Gasteiger partial charge on any atom is 0.267 e. The zero-order valence-corrected chi connectivity index (χ0v) is 11.9. The molecule has 0 aliphatic heterocycles. The Bertz CT molecular complexity index is 666. The number of nitrogen functional groups attached to an aromatic ring is 1. The number of nitrogens with two attached hydrogens (primary N) is 1. The topological polar surface area (TPSA) is 97.1 Å². The molecule has 20 heavy (non-hydrogen) atoms. The van der Waals surface area contributed by atoms with Crippen LogP contribution in [-0.2, 0) is 0 Å². The lowest BCUT2D eigenvalue weighted by Gasteiger charge is -2.06. The summed E-state index contributed by atoms with van der Waals surface area (Å²) in [5, 5.41) is 5.61. The summed E-state index contributed by atoms with van der Waals surface area (Å²) in [6.07, 6.45) is 0. The second-order valence-corrected chi connectivity index (χ2v) is 5.11. The fourth-order valence-corrected chi connectivity index (χ4v) is 2.43. The maximum absolute atomic E-state index is 12.1. The molecule has 0 fully saturated rings. The SMILES string of the molecule is CNC(=O)c1cccc(NC(=O)c2sc(N)nc2C)c1. The average Bonchev–Trinajstić information content (AvgIpc) is 2.77. The average molecular weight is 290 g/mol. The van der Waals surface area contributed by atoms with Crippen LogP contribution in [0.15, 0.2) is 24.3 Å². The quantitative estimate of drug-likeness (QED) is 0.800. The van der Waals surface area contributed by atoms with E-state index < -0.39 is 0 Å². The Morgan fingerprint density at radius 2 is 2.05 bits per heavy atom. The zero-order valence-electron chi connectivity index (χ0n) is 11.1. The van der Waals surface area contributed by atoms with Crippen molar-refractivity contribution >= 4 is 34.0 Å². The van der Waals surface area contributed by atoms with Crippen LogP contribution in [0.3, 0.4) is 0 Å². The fraction of sp³-hybridized carbons (Fsp3) is 0.154. The molecule has 104 valence electrons. The monoisotopic (exact) mass is 290 g/mol. The largest absolute Gasteiger partial charge is 0.375 e. The fourth-order valence-electron chi connectivity index (χ4n) is 1.70. The van der Waals surface area contributed by atoms with Crippen molar-refractivity contribution in [2.45, 2.75) is 6.92 Å². The van der Waals surface area contributed by atoms with Gasteiger partial charge in [0.2, 0.25) is 0 Å². The molecule has 0 spiro atoms. The molecule has 2 aromatic rings. The summed E-state index contributed by atoms with van der Waals surface area (Å²) in [5.41, 5.74) is 7.18. The Balaban J connectivity index is 2.20. The Morgan fingerprint density at radius 3 is 2.65 bits per heavy atom. The van der Waals surface area contributed by atoms with Crippen molar-refractivity contribution in [2.75, 3.05) is 18.1 Å². The maximum atomic E-state index is 12.1. The van der Waals surface area contributed by atoms with Gasteiger partial charge in [0, 0.05) is 18.3 Å². The molecule has 1 heterocycles. The van der Waals surface area contributed by atoms with Gasteiger partial charge in [-0.3, -0.25) is 9.59 Å². The van der Waals surface area contributed by atoms with Gasteiger partial charge in [0.15, 0.2) is 5.13 Å². The van der Waals surface area contributed by atoms with Gasteiger partial charge < -0.3 is 16.4 Å². The van der Waals surface area contributed by atoms with Crippen LogP contribution in [0, 0.1) is 6.92 Å². The Morgan fingerprint density at radius 1 is 1.30 bits per heavy atom. The minimum absolute atomic E-state index is 0.209. The Kier molecular flexibility index (Phi) is 3.99. The molecule has 0 atom stereocenters. The molecule has 0 aliphatic carbocycles. The van der Waals surface area contributed by atoms with Gasteiger partial charge >= 0.3 is 0 Å². The van der Waals surface area contributed by atoms with E-state index in [1.807, 2.05) is 0 Å². The number of nitrogens with zero attached hydrogens (tertiary/aromatic N) is 1. The number of hydrogen-bond donors (Lipinski definition) is 3. The minimum atomic E-state index is -0.286. The van der Waals surface area contributed by atoms with Gasteiger partial charge in [0.05, 0.1) is 5.69 Å². The molecule has 0 saturated heterocycles. The molecule has 0 aliphatic rings. The third kappa shape index (κ3) is 2.94. The van der Waals surface area contributed by atoms with E-state index in [1.165, 1.54) is 0 Å². The third-order valence-corrected chi connectivity index (χ3v) is 3.61. The highest BCUT2D eigenvalue weighted by Gasteiger charge is 2.14. The van der Waals surface area contributed by atoms with Crippen molar-refractivity contribution in [1.82, 2.24) is 10.3 Å². The van der Waals surface area contributed by atoms with Crippen molar-refractivity contribution < 1.29 is 9.59 Å².